The van der Waals surface area contributed by atoms with Crippen molar-refractivity contribution in [2.45, 2.75) is 32.7 Å². The highest BCUT2D eigenvalue weighted by Gasteiger charge is 2.41. The maximum absolute atomic E-state index is 13.6. The van der Waals surface area contributed by atoms with Gasteiger partial charge < -0.3 is 19.1 Å². The van der Waals surface area contributed by atoms with Gasteiger partial charge in [0.2, 0.25) is 5.91 Å². The van der Waals surface area contributed by atoms with Gasteiger partial charge in [0.05, 0.1) is 18.6 Å². The topological polar surface area (TPSA) is 71.8 Å². The standard InChI is InChI=1S/C28H31N3O4/c1-4-35-28(34)19-13-15-30(16-14-19)24(32)17-31-26(20-9-5-6-10-21(20)27(31)33)25-18(2)29(3)23-12-8-7-11-22(23)25/h5-12,19,26H,4,13-17H2,1-3H3. The molecule has 5 rings (SSSR count). The molecule has 7 nitrogen and oxygen atoms in total. The summed E-state index contributed by atoms with van der Waals surface area (Å²) in [6.45, 7) is 5.23. The molecule has 2 aromatic carbocycles. The van der Waals surface area contributed by atoms with Crippen LogP contribution in [0.5, 0.6) is 0 Å². The van der Waals surface area contributed by atoms with Crippen molar-refractivity contribution in [3.8, 4) is 0 Å². The summed E-state index contributed by atoms with van der Waals surface area (Å²) < 4.78 is 7.30. The molecule has 1 unspecified atom stereocenters. The maximum Gasteiger partial charge on any atom is 0.309 e. The first-order chi connectivity index (χ1) is 16.9. The van der Waals surface area contributed by atoms with Gasteiger partial charge in [0.15, 0.2) is 0 Å². The molecule has 2 amide bonds. The molecule has 182 valence electrons. The average Bonchev–Trinajstić information content (AvgIpc) is 3.29. The van der Waals surface area contributed by atoms with Crippen LogP contribution in [-0.2, 0) is 21.4 Å². The van der Waals surface area contributed by atoms with Gasteiger partial charge in [-0.15, -0.1) is 0 Å². The fraction of sp³-hybridized carbons (Fsp3) is 0.393. The predicted molar refractivity (Wildman–Crippen MR) is 133 cm³/mol. The molecule has 0 aliphatic carbocycles. The van der Waals surface area contributed by atoms with Crippen LogP contribution in [0.4, 0.5) is 0 Å². The minimum Gasteiger partial charge on any atom is -0.466 e. The lowest BCUT2D eigenvalue weighted by atomic mass is 9.95. The van der Waals surface area contributed by atoms with E-state index in [-0.39, 0.29) is 36.3 Å². The van der Waals surface area contributed by atoms with Gasteiger partial charge in [0.1, 0.15) is 6.54 Å². The zero-order valence-corrected chi connectivity index (χ0v) is 20.5. The summed E-state index contributed by atoms with van der Waals surface area (Å²) in [6.07, 6.45) is 1.18. The van der Waals surface area contributed by atoms with Crippen LogP contribution in [0.2, 0.25) is 0 Å². The molecular formula is C28H31N3O4. The molecule has 3 heterocycles. The maximum atomic E-state index is 13.6. The van der Waals surface area contributed by atoms with Gasteiger partial charge in [-0.3, -0.25) is 14.4 Å². The smallest absolute Gasteiger partial charge is 0.309 e. The van der Waals surface area contributed by atoms with Crippen LogP contribution >= 0.6 is 0 Å². The second kappa shape index (κ2) is 9.21. The van der Waals surface area contributed by atoms with Crippen molar-refractivity contribution in [2.24, 2.45) is 13.0 Å². The Kier molecular flexibility index (Phi) is 6.09. The van der Waals surface area contributed by atoms with Gasteiger partial charge in [-0.2, -0.15) is 0 Å². The Labute approximate surface area is 205 Å². The zero-order chi connectivity index (χ0) is 24.7. The summed E-state index contributed by atoms with van der Waals surface area (Å²) in [6, 6.07) is 15.5. The van der Waals surface area contributed by atoms with Gasteiger partial charge in [-0.25, -0.2) is 0 Å². The summed E-state index contributed by atoms with van der Waals surface area (Å²) in [4.78, 5) is 42.5. The van der Waals surface area contributed by atoms with Gasteiger partial charge in [0.25, 0.3) is 5.91 Å². The minimum absolute atomic E-state index is 0.00488. The lowest BCUT2D eigenvalue weighted by Crippen LogP contribution is -2.46. The highest BCUT2D eigenvalue weighted by atomic mass is 16.5. The Morgan fingerprint density at radius 3 is 2.46 bits per heavy atom. The molecule has 1 fully saturated rings. The number of esters is 1. The van der Waals surface area contributed by atoms with Crippen LogP contribution < -0.4 is 0 Å². The lowest BCUT2D eigenvalue weighted by Gasteiger charge is -2.33. The van der Waals surface area contributed by atoms with Crippen LogP contribution in [0.1, 0.15) is 53.0 Å². The number of benzene rings is 2. The van der Waals surface area contributed by atoms with Crippen LogP contribution in [0.3, 0.4) is 0 Å². The molecular weight excluding hydrogens is 442 g/mol. The number of likely N-dealkylation sites (tertiary alicyclic amines) is 1. The first-order valence-corrected chi connectivity index (χ1v) is 12.3. The van der Waals surface area contributed by atoms with Crippen molar-refractivity contribution in [2.75, 3.05) is 26.2 Å². The Morgan fingerprint density at radius 1 is 1.03 bits per heavy atom. The second-order valence-corrected chi connectivity index (χ2v) is 9.41. The molecule has 1 saturated heterocycles. The summed E-state index contributed by atoms with van der Waals surface area (Å²) in [5, 5.41) is 1.09. The van der Waals surface area contributed by atoms with Crippen molar-refractivity contribution < 1.29 is 19.1 Å². The first-order valence-electron chi connectivity index (χ1n) is 12.3. The number of rotatable bonds is 5. The average molecular weight is 474 g/mol. The summed E-state index contributed by atoms with van der Waals surface area (Å²) in [7, 11) is 2.03. The largest absolute Gasteiger partial charge is 0.466 e. The number of aromatic nitrogens is 1. The lowest BCUT2D eigenvalue weighted by molar-refractivity contribution is -0.151. The molecule has 0 bridgehead atoms. The summed E-state index contributed by atoms with van der Waals surface area (Å²) >= 11 is 0. The number of piperidine rings is 1. The van der Waals surface area contributed by atoms with Crippen LogP contribution in [-0.4, -0.2) is 58.4 Å². The van der Waals surface area contributed by atoms with Crippen molar-refractivity contribution >= 4 is 28.7 Å². The number of hydrogen-bond acceptors (Lipinski definition) is 4. The number of hydrogen-bond donors (Lipinski definition) is 0. The quantitative estimate of drug-likeness (QED) is 0.528. The van der Waals surface area contributed by atoms with Crippen LogP contribution in [0, 0.1) is 12.8 Å². The Hall–Kier alpha value is -3.61. The number of carbonyl (C=O) groups excluding carboxylic acids is 3. The van der Waals surface area contributed by atoms with E-state index in [0.29, 0.717) is 38.1 Å². The summed E-state index contributed by atoms with van der Waals surface area (Å²) in [5.41, 5.74) is 4.83. The molecule has 0 spiro atoms. The Morgan fingerprint density at radius 2 is 1.71 bits per heavy atom. The molecule has 35 heavy (non-hydrogen) atoms. The van der Waals surface area contributed by atoms with E-state index in [4.69, 9.17) is 4.74 Å². The number of nitrogens with zero attached hydrogens (tertiary/aromatic N) is 3. The Bertz CT molecular complexity index is 1300. The predicted octanol–water partition coefficient (Wildman–Crippen LogP) is 3.83. The number of ether oxygens (including phenoxy) is 1. The van der Waals surface area contributed by atoms with Crippen molar-refractivity contribution in [3.63, 3.8) is 0 Å². The first kappa shape index (κ1) is 23.1. The number of para-hydroxylation sites is 1. The molecule has 1 aromatic heterocycles. The van der Waals surface area contributed by atoms with Gasteiger partial charge in [0, 0.05) is 47.9 Å². The molecule has 3 aromatic rings. The van der Waals surface area contributed by atoms with E-state index >= 15 is 0 Å². The van der Waals surface area contributed by atoms with Gasteiger partial charge in [-0.1, -0.05) is 36.4 Å². The van der Waals surface area contributed by atoms with Crippen molar-refractivity contribution in [1.29, 1.82) is 0 Å². The molecule has 2 aliphatic rings. The normalized spacial score (nSPS) is 18.3. The third kappa shape index (κ3) is 3.89. The molecule has 0 saturated carbocycles. The van der Waals surface area contributed by atoms with Crippen molar-refractivity contribution in [1.82, 2.24) is 14.4 Å². The van der Waals surface area contributed by atoms with E-state index in [1.165, 1.54) is 0 Å². The molecule has 0 N–H and O–H groups in total. The monoisotopic (exact) mass is 473 g/mol. The van der Waals surface area contributed by atoms with Crippen molar-refractivity contribution in [3.05, 3.63) is 70.9 Å². The number of carbonyl (C=O) groups is 3. The van der Waals surface area contributed by atoms with E-state index in [0.717, 1.165) is 27.7 Å². The van der Waals surface area contributed by atoms with Gasteiger partial charge >= 0.3 is 5.97 Å². The third-order valence-corrected chi connectivity index (χ3v) is 7.55. The number of aryl methyl sites for hydroxylation is 1. The molecule has 2 aliphatic heterocycles. The zero-order valence-electron chi connectivity index (χ0n) is 20.5. The molecule has 7 heteroatoms. The highest BCUT2D eigenvalue weighted by molar-refractivity contribution is 6.02. The third-order valence-electron chi connectivity index (χ3n) is 7.55. The van der Waals surface area contributed by atoms with Crippen LogP contribution in [0.25, 0.3) is 10.9 Å². The molecule has 0 radical (unpaired) electrons. The van der Waals surface area contributed by atoms with E-state index < -0.39 is 0 Å². The second-order valence-electron chi connectivity index (χ2n) is 9.41. The molecule has 1 atom stereocenters. The number of amides is 2. The Balaban J connectivity index is 1.44. The van der Waals surface area contributed by atoms with E-state index in [1.807, 2.05) is 43.4 Å². The fourth-order valence-electron chi connectivity index (χ4n) is 5.61. The van der Waals surface area contributed by atoms with Gasteiger partial charge in [-0.05, 0) is 44.4 Å². The van der Waals surface area contributed by atoms with Crippen LogP contribution in [0.15, 0.2) is 48.5 Å². The van der Waals surface area contributed by atoms with E-state index in [2.05, 4.69) is 23.6 Å². The fourth-order valence-corrected chi connectivity index (χ4v) is 5.61. The number of fused-ring (bicyclic) bond motifs is 2. The SMILES string of the molecule is CCOC(=O)C1CCN(C(=O)CN2C(=O)c3ccccc3C2c2c(C)n(C)c3ccccc23)CC1. The summed E-state index contributed by atoms with van der Waals surface area (Å²) in [5.74, 6) is -0.553. The van der Waals surface area contributed by atoms with E-state index in [9.17, 15) is 14.4 Å². The minimum atomic E-state index is -0.328. The highest BCUT2D eigenvalue weighted by Crippen LogP contribution is 2.43. The van der Waals surface area contributed by atoms with E-state index in [1.54, 1.807) is 16.7 Å².